The highest BCUT2D eigenvalue weighted by molar-refractivity contribution is 7.93. The van der Waals surface area contributed by atoms with Crippen LogP contribution < -0.4 is 14.8 Å². The lowest BCUT2D eigenvalue weighted by molar-refractivity contribution is -0.127. The number of benzene rings is 1. The second-order valence-electron chi connectivity index (χ2n) is 6.60. The van der Waals surface area contributed by atoms with Crippen molar-refractivity contribution in [2.75, 3.05) is 37.2 Å². The Bertz CT molecular complexity index is 680. The number of nitrogens with zero attached hydrogens (tertiary/aromatic N) is 1. The van der Waals surface area contributed by atoms with Crippen LogP contribution in [0.4, 0.5) is 5.69 Å². The molecule has 0 spiro atoms. The molecule has 1 aromatic rings. The van der Waals surface area contributed by atoms with Crippen LogP contribution in [0.2, 0.25) is 0 Å². The number of carbonyl (C=O) groups excluding carboxylic acids is 1. The molecule has 0 bridgehead atoms. The Balaban J connectivity index is 0.00000338. The van der Waals surface area contributed by atoms with E-state index in [9.17, 15) is 13.2 Å². The van der Waals surface area contributed by atoms with E-state index in [1.807, 2.05) is 20.9 Å². The summed E-state index contributed by atoms with van der Waals surface area (Å²) < 4.78 is 32.4. The van der Waals surface area contributed by atoms with Crippen LogP contribution in [0.1, 0.15) is 20.3 Å². The normalized spacial score (nSPS) is 17.1. The number of hydrogen-bond acceptors (Lipinski definition) is 5. The van der Waals surface area contributed by atoms with Crippen molar-refractivity contribution in [1.29, 1.82) is 0 Å². The predicted molar refractivity (Wildman–Crippen MR) is 105 cm³/mol. The van der Waals surface area contributed by atoms with Crippen molar-refractivity contribution < 1.29 is 17.9 Å². The zero-order valence-electron chi connectivity index (χ0n) is 15.4. The highest BCUT2D eigenvalue weighted by Crippen LogP contribution is 2.19. The minimum atomic E-state index is -3.73. The van der Waals surface area contributed by atoms with Gasteiger partial charge in [0, 0.05) is 18.8 Å². The number of nitrogens with one attached hydrogen (secondary N) is 2. The Morgan fingerprint density at radius 1 is 1.31 bits per heavy atom. The lowest BCUT2D eigenvalue weighted by Crippen LogP contribution is -2.36. The summed E-state index contributed by atoms with van der Waals surface area (Å²) in [5.74, 6) is 0.161. The molecule has 148 valence electrons. The minimum absolute atomic E-state index is 0. The predicted octanol–water partition coefficient (Wildman–Crippen LogP) is 1.71. The molecule has 26 heavy (non-hydrogen) atoms. The summed E-state index contributed by atoms with van der Waals surface area (Å²) in [5.41, 5.74) is 0.415. The van der Waals surface area contributed by atoms with Gasteiger partial charge in [0.1, 0.15) is 11.5 Å². The molecular weight excluding hydrogens is 378 g/mol. The summed E-state index contributed by atoms with van der Waals surface area (Å²) in [6.07, 6.45) is 0.949. The summed E-state index contributed by atoms with van der Waals surface area (Å²) >= 11 is 0. The third-order valence-electron chi connectivity index (χ3n) is 3.94. The number of ether oxygens (including phenoxy) is 1. The van der Waals surface area contributed by atoms with Crippen molar-refractivity contribution in [1.82, 2.24) is 10.2 Å². The average Bonchev–Trinajstić information content (AvgIpc) is 2.97. The molecule has 0 aromatic heterocycles. The first-order valence-electron chi connectivity index (χ1n) is 8.48. The first-order chi connectivity index (χ1) is 11.8. The lowest BCUT2D eigenvalue weighted by Gasteiger charge is -2.17. The number of anilines is 1. The molecule has 1 fully saturated rings. The maximum Gasteiger partial charge on any atom is 0.241 e. The van der Waals surface area contributed by atoms with E-state index in [4.69, 9.17) is 4.74 Å². The summed E-state index contributed by atoms with van der Waals surface area (Å²) in [6.45, 7) is 5.89. The highest BCUT2D eigenvalue weighted by Gasteiger charge is 2.28. The van der Waals surface area contributed by atoms with Crippen molar-refractivity contribution in [3.05, 3.63) is 24.3 Å². The molecule has 2 N–H and O–H groups in total. The van der Waals surface area contributed by atoms with E-state index in [1.54, 1.807) is 29.2 Å². The van der Waals surface area contributed by atoms with E-state index in [0.29, 0.717) is 30.4 Å². The van der Waals surface area contributed by atoms with Gasteiger partial charge in [-0.15, -0.1) is 12.4 Å². The molecule has 1 aliphatic rings. The number of rotatable bonds is 8. The van der Waals surface area contributed by atoms with E-state index in [1.165, 1.54) is 0 Å². The summed E-state index contributed by atoms with van der Waals surface area (Å²) in [5, 5.41) is 3.09. The van der Waals surface area contributed by atoms with Gasteiger partial charge in [-0.3, -0.25) is 9.52 Å². The van der Waals surface area contributed by atoms with Crippen LogP contribution in [-0.4, -0.2) is 57.8 Å². The summed E-state index contributed by atoms with van der Waals surface area (Å²) in [6, 6.07) is 6.64. The number of carbonyl (C=O) groups is 1. The van der Waals surface area contributed by atoms with Crippen LogP contribution >= 0.6 is 12.4 Å². The maximum atomic E-state index is 12.2. The monoisotopic (exact) mass is 405 g/mol. The highest BCUT2D eigenvalue weighted by atomic mass is 35.5. The van der Waals surface area contributed by atoms with Gasteiger partial charge in [0.25, 0.3) is 0 Å². The minimum Gasteiger partial charge on any atom is -0.491 e. The summed E-state index contributed by atoms with van der Waals surface area (Å²) in [4.78, 5) is 13.9. The molecule has 0 aliphatic carbocycles. The number of sulfonamides is 1. The van der Waals surface area contributed by atoms with Crippen molar-refractivity contribution in [2.24, 2.45) is 5.92 Å². The van der Waals surface area contributed by atoms with Crippen molar-refractivity contribution >= 4 is 34.0 Å². The van der Waals surface area contributed by atoms with Gasteiger partial charge >= 0.3 is 0 Å². The Kier molecular flexibility index (Phi) is 8.66. The van der Waals surface area contributed by atoms with E-state index in [2.05, 4.69) is 10.0 Å². The van der Waals surface area contributed by atoms with Crippen molar-refractivity contribution in [3.63, 3.8) is 0 Å². The fourth-order valence-corrected chi connectivity index (χ4v) is 3.93. The average molecular weight is 406 g/mol. The van der Waals surface area contributed by atoms with Gasteiger partial charge in [0.05, 0.1) is 6.10 Å². The molecular formula is C17H28ClN3O4S. The Hall–Kier alpha value is -1.51. The van der Waals surface area contributed by atoms with Crippen LogP contribution in [0.5, 0.6) is 5.75 Å². The van der Waals surface area contributed by atoms with Crippen molar-refractivity contribution in [3.8, 4) is 5.75 Å². The van der Waals surface area contributed by atoms with Crippen LogP contribution in [0.15, 0.2) is 24.3 Å². The summed E-state index contributed by atoms with van der Waals surface area (Å²) in [7, 11) is -1.86. The van der Waals surface area contributed by atoms with Crippen LogP contribution in [-0.2, 0) is 14.8 Å². The Labute approximate surface area is 161 Å². The molecule has 0 radical (unpaired) electrons. The Morgan fingerprint density at radius 3 is 2.54 bits per heavy atom. The molecule has 1 atom stereocenters. The van der Waals surface area contributed by atoms with Crippen LogP contribution in [0.25, 0.3) is 0 Å². The van der Waals surface area contributed by atoms with Gasteiger partial charge in [-0.05, 0) is 64.0 Å². The molecule has 1 amide bonds. The van der Waals surface area contributed by atoms with E-state index in [-0.39, 0.29) is 24.4 Å². The van der Waals surface area contributed by atoms with E-state index >= 15 is 0 Å². The molecule has 1 heterocycles. The molecule has 0 saturated carbocycles. The number of hydrogen-bond donors (Lipinski definition) is 2. The van der Waals surface area contributed by atoms with E-state index < -0.39 is 15.8 Å². The van der Waals surface area contributed by atoms with Gasteiger partial charge in [-0.2, -0.15) is 0 Å². The molecule has 9 heteroatoms. The molecule has 1 aliphatic heterocycles. The molecule has 1 unspecified atom stereocenters. The zero-order valence-corrected chi connectivity index (χ0v) is 17.0. The third kappa shape index (κ3) is 7.01. The van der Waals surface area contributed by atoms with Crippen LogP contribution in [0.3, 0.4) is 0 Å². The molecule has 1 aromatic carbocycles. The van der Waals surface area contributed by atoms with E-state index in [0.717, 1.165) is 13.0 Å². The third-order valence-corrected chi connectivity index (χ3v) is 5.12. The molecule has 2 rings (SSSR count). The zero-order chi connectivity index (χ0) is 18.4. The quantitative estimate of drug-likeness (QED) is 0.687. The topological polar surface area (TPSA) is 87.7 Å². The SMILES string of the molecule is CNCC1CCN(C(=O)CS(=O)(=O)Nc2ccc(OC(C)C)cc2)C1.Cl. The molecule has 1 saturated heterocycles. The van der Waals surface area contributed by atoms with Gasteiger partial charge < -0.3 is 15.0 Å². The Morgan fingerprint density at radius 2 is 1.96 bits per heavy atom. The number of amides is 1. The number of likely N-dealkylation sites (tertiary alicyclic amines) is 1. The van der Waals surface area contributed by atoms with Crippen molar-refractivity contribution in [2.45, 2.75) is 26.4 Å². The smallest absolute Gasteiger partial charge is 0.241 e. The second kappa shape index (κ2) is 9.99. The van der Waals surface area contributed by atoms with Gasteiger partial charge in [0.2, 0.25) is 15.9 Å². The molecule has 7 nitrogen and oxygen atoms in total. The number of halogens is 1. The standard InChI is InChI=1S/C17H27N3O4S.ClH/c1-13(2)24-16-6-4-15(5-7-16)19-25(22,23)12-17(21)20-9-8-14(11-20)10-18-3;/h4-7,13-14,18-19H,8-12H2,1-3H3;1H. The largest absolute Gasteiger partial charge is 0.491 e. The fourth-order valence-electron chi connectivity index (χ4n) is 2.86. The second-order valence-corrected chi connectivity index (χ2v) is 8.33. The first kappa shape index (κ1) is 22.5. The van der Waals surface area contributed by atoms with Gasteiger partial charge in [-0.25, -0.2) is 8.42 Å². The lowest BCUT2D eigenvalue weighted by atomic mass is 10.1. The first-order valence-corrected chi connectivity index (χ1v) is 10.1. The van der Waals surface area contributed by atoms with Gasteiger partial charge in [-0.1, -0.05) is 0 Å². The van der Waals surface area contributed by atoms with Gasteiger partial charge in [0.15, 0.2) is 0 Å². The maximum absolute atomic E-state index is 12.2. The van der Waals surface area contributed by atoms with Crippen LogP contribution in [0, 0.1) is 5.92 Å². The fraction of sp³-hybridized carbons (Fsp3) is 0.588.